The second kappa shape index (κ2) is 5.99. The van der Waals surface area contributed by atoms with Crippen molar-refractivity contribution in [3.05, 3.63) is 42.0 Å². The Morgan fingerprint density at radius 3 is 2.80 bits per heavy atom. The summed E-state index contributed by atoms with van der Waals surface area (Å²) in [6.07, 6.45) is 4.51. The van der Waals surface area contributed by atoms with Gasteiger partial charge >= 0.3 is 0 Å². The van der Waals surface area contributed by atoms with Gasteiger partial charge in [0.15, 0.2) is 5.72 Å². The summed E-state index contributed by atoms with van der Waals surface area (Å²) in [5.41, 5.74) is 0.397. The molecule has 0 aromatic heterocycles. The molecule has 132 valence electrons. The van der Waals surface area contributed by atoms with Gasteiger partial charge < -0.3 is 14.5 Å². The Bertz CT molecular complexity index is 715. The van der Waals surface area contributed by atoms with E-state index in [9.17, 15) is 9.59 Å². The van der Waals surface area contributed by atoms with Crippen LogP contribution in [0.25, 0.3) is 6.08 Å². The van der Waals surface area contributed by atoms with Crippen molar-refractivity contribution in [2.24, 2.45) is 5.92 Å². The molecule has 5 nitrogen and oxygen atoms in total. The molecule has 0 N–H and O–H groups in total. The summed E-state index contributed by atoms with van der Waals surface area (Å²) in [5, 5.41) is 0. The van der Waals surface area contributed by atoms with Crippen LogP contribution in [0.5, 0.6) is 0 Å². The topological polar surface area (TPSA) is 49.9 Å². The molecule has 5 heteroatoms. The van der Waals surface area contributed by atoms with E-state index in [1.165, 1.54) is 0 Å². The van der Waals surface area contributed by atoms with Gasteiger partial charge in [0.1, 0.15) is 0 Å². The molecule has 3 saturated heterocycles. The maximum atomic E-state index is 12.7. The van der Waals surface area contributed by atoms with Crippen LogP contribution in [-0.4, -0.2) is 52.6 Å². The Labute approximate surface area is 148 Å². The Balaban J connectivity index is 1.54. The highest BCUT2D eigenvalue weighted by Gasteiger charge is 2.65. The van der Waals surface area contributed by atoms with Gasteiger partial charge in [0, 0.05) is 19.0 Å². The molecule has 0 bridgehead atoms. The maximum absolute atomic E-state index is 12.7. The lowest BCUT2D eigenvalue weighted by Gasteiger charge is -2.34. The van der Waals surface area contributed by atoms with Crippen LogP contribution in [-0.2, 0) is 14.3 Å². The molecule has 3 fully saturated rings. The molecule has 25 heavy (non-hydrogen) atoms. The summed E-state index contributed by atoms with van der Waals surface area (Å²) < 4.78 is 6.16. The highest BCUT2D eigenvalue weighted by molar-refractivity contribution is 5.93. The second-order valence-electron chi connectivity index (χ2n) is 7.48. The van der Waals surface area contributed by atoms with E-state index in [4.69, 9.17) is 4.74 Å². The average Bonchev–Trinajstić information content (AvgIpc) is 3.23. The molecule has 0 radical (unpaired) electrons. The number of nitrogens with zero attached hydrogens (tertiary/aromatic N) is 2. The Morgan fingerprint density at radius 1 is 1.32 bits per heavy atom. The van der Waals surface area contributed by atoms with Gasteiger partial charge in [0.2, 0.25) is 11.8 Å². The van der Waals surface area contributed by atoms with Crippen LogP contribution in [0, 0.1) is 5.92 Å². The number of carbonyl (C=O) groups excluding carboxylic acids is 2. The van der Waals surface area contributed by atoms with E-state index in [0.717, 1.165) is 5.56 Å². The molecule has 3 atom stereocenters. The zero-order valence-corrected chi connectivity index (χ0v) is 14.7. The Hall–Kier alpha value is -2.14. The number of hydrogen-bond acceptors (Lipinski definition) is 3. The smallest absolute Gasteiger partial charge is 0.247 e. The highest BCUT2D eigenvalue weighted by Crippen LogP contribution is 2.48. The van der Waals surface area contributed by atoms with Crippen LogP contribution < -0.4 is 0 Å². The van der Waals surface area contributed by atoms with E-state index < -0.39 is 5.72 Å². The van der Waals surface area contributed by atoms with Crippen molar-refractivity contribution in [2.45, 2.75) is 44.5 Å². The standard InChI is InChI=1S/C20H24N2O3/c1-14(2)16-13-25-20-10-11-21(17(20)12-19(24)22(16)20)18(23)9-8-15-6-4-3-5-7-15/h3-9,14,16-17H,10-13H2,1-2H3/b9-8+/t16-,17+,20-/m0/s1. The quantitative estimate of drug-likeness (QED) is 0.793. The molecule has 1 aromatic rings. The molecule has 1 spiro atoms. The van der Waals surface area contributed by atoms with Crippen molar-refractivity contribution in [1.29, 1.82) is 0 Å². The van der Waals surface area contributed by atoms with Gasteiger partial charge in [-0.15, -0.1) is 0 Å². The first-order valence-electron chi connectivity index (χ1n) is 9.03. The number of carbonyl (C=O) groups is 2. The van der Waals surface area contributed by atoms with Crippen molar-refractivity contribution in [3.63, 3.8) is 0 Å². The van der Waals surface area contributed by atoms with Crippen molar-refractivity contribution in [2.75, 3.05) is 13.2 Å². The van der Waals surface area contributed by atoms with E-state index in [1.54, 1.807) is 6.08 Å². The molecule has 2 amide bonds. The van der Waals surface area contributed by atoms with Gasteiger partial charge in [0.05, 0.1) is 25.1 Å². The Kier molecular flexibility index (Phi) is 3.91. The van der Waals surface area contributed by atoms with E-state index in [2.05, 4.69) is 13.8 Å². The number of hydrogen-bond donors (Lipinski definition) is 0. The Morgan fingerprint density at radius 2 is 2.08 bits per heavy atom. The normalized spacial score (nSPS) is 31.2. The van der Waals surface area contributed by atoms with Crippen molar-refractivity contribution in [1.82, 2.24) is 9.80 Å². The predicted molar refractivity (Wildman–Crippen MR) is 94.4 cm³/mol. The minimum atomic E-state index is -0.595. The first-order valence-corrected chi connectivity index (χ1v) is 9.03. The van der Waals surface area contributed by atoms with Gasteiger partial charge in [-0.05, 0) is 17.6 Å². The molecule has 1 aromatic carbocycles. The molecule has 3 aliphatic heterocycles. The second-order valence-corrected chi connectivity index (χ2v) is 7.48. The fourth-order valence-electron chi connectivity index (χ4n) is 4.46. The average molecular weight is 340 g/mol. The number of rotatable bonds is 3. The largest absolute Gasteiger partial charge is 0.351 e. The first kappa shape index (κ1) is 16.3. The molecule has 0 aliphatic carbocycles. The lowest BCUT2D eigenvalue weighted by atomic mass is 10.0. The predicted octanol–water partition coefficient (Wildman–Crippen LogP) is 2.28. The third-order valence-corrected chi connectivity index (χ3v) is 5.76. The first-order chi connectivity index (χ1) is 12.0. The number of amides is 2. The third-order valence-electron chi connectivity index (χ3n) is 5.76. The molecular weight excluding hydrogens is 316 g/mol. The lowest BCUT2D eigenvalue weighted by molar-refractivity contribution is -0.140. The van der Waals surface area contributed by atoms with Crippen molar-refractivity contribution in [3.8, 4) is 0 Å². The van der Waals surface area contributed by atoms with E-state index >= 15 is 0 Å². The van der Waals surface area contributed by atoms with Gasteiger partial charge in [-0.2, -0.15) is 0 Å². The number of benzene rings is 1. The van der Waals surface area contributed by atoms with Crippen LogP contribution in [0.2, 0.25) is 0 Å². The minimum absolute atomic E-state index is 0.0445. The summed E-state index contributed by atoms with van der Waals surface area (Å²) in [4.78, 5) is 29.1. The monoisotopic (exact) mass is 340 g/mol. The zero-order chi connectivity index (χ0) is 17.6. The van der Waals surface area contributed by atoms with Gasteiger partial charge in [-0.1, -0.05) is 44.2 Å². The summed E-state index contributed by atoms with van der Waals surface area (Å²) in [7, 11) is 0. The van der Waals surface area contributed by atoms with Crippen LogP contribution in [0.3, 0.4) is 0 Å². The zero-order valence-electron chi connectivity index (χ0n) is 14.7. The summed E-state index contributed by atoms with van der Waals surface area (Å²) in [6.45, 7) is 5.45. The van der Waals surface area contributed by atoms with Crippen molar-refractivity contribution < 1.29 is 14.3 Å². The summed E-state index contributed by atoms with van der Waals surface area (Å²) >= 11 is 0. The van der Waals surface area contributed by atoms with Crippen LogP contribution in [0.15, 0.2) is 36.4 Å². The van der Waals surface area contributed by atoms with Crippen LogP contribution >= 0.6 is 0 Å². The van der Waals surface area contributed by atoms with E-state index in [0.29, 0.717) is 31.9 Å². The molecular formula is C20H24N2O3. The summed E-state index contributed by atoms with van der Waals surface area (Å²) in [6, 6.07) is 9.71. The molecule has 3 aliphatic rings. The van der Waals surface area contributed by atoms with Crippen LogP contribution in [0.4, 0.5) is 0 Å². The fraction of sp³-hybridized carbons (Fsp3) is 0.500. The molecule has 4 rings (SSSR count). The molecule has 3 heterocycles. The highest BCUT2D eigenvalue weighted by atomic mass is 16.5. The van der Waals surface area contributed by atoms with Gasteiger partial charge in [-0.25, -0.2) is 0 Å². The lowest BCUT2D eigenvalue weighted by Crippen LogP contribution is -2.51. The minimum Gasteiger partial charge on any atom is -0.351 e. The molecule has 0 unspecified atom stereocenters. The summed E-state index contributed by atoms with van der Waals surface area (Å²) in [5.74, 6) is 0.424. The van der Waals surface area contributed by atoms with Gasteiger partial charge in [-0.3, -0.25) is 9.59 Å². The fourth-order valence-corrected chi connectivity index (χ4v) is 4.46. The van der Waals surface area contributed by atoms with Gasteiger partial charge in [0.25, 0.3) is 0 Å². The maximum Gasteiger partial charge on any atom is 0.247 e. The van der Waals surface area contributed by atoms with E-state index in [1.807, 2.05) is 46.2 Å². The third kappa shape index (κ3) is 2.49. The number of ether oxygens (including phenoxy) is 1. The van der Waals surface area contributed by atoms with E-state index in [-0.39, 0.29) is 23.9 Å². The number of likely N-dealkylation sites (tertiary alicyclic amines) is 1. The van der Waals surface area contributed by atoms with Crippen molar-refractivity contribution >= 4 is 17.9 Å². The van der Waals surface area contributed by atoms with Crippen LogP contribution in [0.1, 0.15) is 32.3 Å². The SMILES string of the molecule is CC(C)[C@@H]1CO[C@@]23CCN(C(=O)/C=C/c4ccccc4)[C@@H]2CC(=O)N13. The molecule has 0 saturated carbocycles.